The Morgan fingerprint density at radius 3 is 2.76 bits per heavy atom. The molecule has 0 saturated carbocycles. The van der Waals surface area contributed by atoms with Crippen LogP contribution in [0.25, 0.3) is 0 Å². The number of likely N-dealkylation sites (tertiary alicyclic amines) is 1. The summed E-state index contributed by atoms with van der Waals surface area (Å²) in [5.41, 5.74) is 7.33. The summed E-state index contributed by atoms with van der Waals surface area (Å²) in [4.78, 5) is 5.08. The maximum atomic E-state index is 6.07. The summed E-state index contributed by atoms with van der Waals surface area (Å²) in [7, 11) is 1.71. The quantitative estimate of drug-likeness (QED) is 0.835. The van der Waals surface area contributed by atoms with E-state index in [-0.39, 0.29) is 0 Å². The lowest BCUT2D eigenvalue weighted by Crippen LogP contribution is -2.39. The highest BCUT2D eigenvalue weighted by atomic mass is 16.5. The minimum atomic E-state index is 0.292. The molecule has 2 N–H and O–H groups in total. The summed E-state index contributed by atoms with van der Waals surface area (Å²) in [6, 6.07) is 9.27. The summed E-state index contributed by atoms with van der Waals surface area (Å²) >= 11 is 0. The van der Waals surface area contributed by atoms with Crippen LogP contribution in [0.5, 0.6) is 5.75 Å². The van der Waals surface area contributed by atoms with E-state index in [1.165, 1.54) is 12.0 Å². The van der Waals surface area contributed by atoms with E-state index in [0.717, 1.165) is 31.9 Å². The van der Waals surface area contributed by atoms with Gasteiger partial charge in [0.25, 0.3) is 0 Å². The predicted molar refractivity (Wildman–Crippen MR) is 87.7 cm³/mol. The number of methoxy groups -OCH3 is 1. The molecular weight excluding hydrogens is 262 g/mol. The second kappa shape index (κ2) is 7.78. The molecule has 2 rings (SSSR count). The van der Waals surface area contributed by atoms with Crippen molar-refractivity contribution in [2.24, 2.45) is 5.73 Å². The molecule has 1 fully saturated rings. The van der Waals surface area contributed by atoms with Crippen LogP contribution < -0.4 is 10.5 Å². The van der Waals surface area contributed by atoms with Gasteiger partial charge in [0.1, 0.15) is 5.75 Å². The number of nitrogens with two attached hydrogens (primary N) is 1. The van der Waals surface area contributed by atoms with Crippen molar-refractivity contribution < 1.29 is 4.74 Å². The molecule has 1 saturated heterocycles. The zero-order valence-electron chi connectivity index (χ0n) is 13.6. The Morgan fingerprint density at radius 1 is 1.38 bits per heavy atom. The average Bonchev–Trinajstić information content (AvgIpc) is 2.99. The molecule has 1 aliphatic heterocycles. The van der Waals surface area contributed by atoms with Crippen molar-refractivity contribution in [2.75, 3.05) is 39.8 Å². The van der Waals surface area contributed by atoms with Gasteiger partial charge in [0, 0.05) is 31.7 Å². The second-order valence-corrected chi connectivity index (χ2v) is 5.69. The molecule has 2 unspecified atom stereocenters. The van der Waals surface area contributed by atoms with Gasteiger partial charge in [0.15, 0.2) is 0 Å². The fourth-order valence-electron chi connectivity index (χ4n) is 3.43. The number of rotatable bonds is 7. The zero-order chi connectivity index (χ0) is 15.2. The monoisotopic (exact) mass is 291 g/mol. The van der Waals surface area contributed by atoms with Crippen molar-refractivity contribution in [1.29, 1.82) is 0 Å². The summed E-state index contributed by atoms with van der Waals surface area (Å²) in [5, 5.41) is 0. The number of likely N-dealkylation sites (N-methyl/N-ethyl adjacent to an activating group) is 1. The summed E-state index contributed by atoms with van der Waals surface area (Å²) < 4.78 is 5.34. The van der Waals surface area contributed by atoms with Gasteiger partial charge in [-0.1, -0.05) is 26.0 Å². The Kier molecular flexibility index (Phi) is 6.03. The minimum absolute atomic E-state index is 0.292. The van der Waals surface area contributed by atoms with Gasteiger partial charge in [-0.3, -0.25) is 9.80 Å². The number of nitrogens with zero attached hydrogens (tertiary/aromatic N) is 2. The molecular formula is C17H29N3O. The number of benzene rings is 1. The first-order valence-electron chi connectivity index (χ1n) is 8.05. The van der Waals surface area contributed by atoms with E-state index in [0.29, 0.717) is 18.6 Å². The number of hydrogen-bond donors (Lipinski definition) is 1. The molecule has 118 valence electrons. The van der Waals surface area contributed by atoms with Gasteiger partial charge in [0.2, 0.25) is 0 Å². The van der Waals surface area contributed by atoms with Gasteiger partial charge in [-0.2, -0.15) is 0 Å². The van der Waals surface area contributed by atoms with Gasteiger partial charge in [-0.05, 0) is 37.2 Å². The lowest BCUT2D eigenvalue weighted by atomic mass is 10.1. The third-order valence-corrected chi connectivity index (χ3v) is 4.67. The van der Waals surface area contributed by atoms with Gasteiger partial charge in [-0.15, -0.1) is 0 Å². The standard InChI is InChI=1S/C17H29N3O/c1-4-19(5-2)15-9-10-20(13-15)17(12-18)14-7-6-8-16(11-14)21-3/h6-8,11,15,17H,4-5,9-10,12-13,18H2,1-3H3. The van der Waals surface area contributed by atoms with Gasteiger partial charge in [-0.25, -0.2) is 0 Å². The Labute approximate surface area is 128 Å². The van der Waals surface area contributed by atoms with E-state index >= 15 is 0 Å². The van der Waals surface area contributed by atoms with Gasteiger partial charge >= 0.3 is 0 Å². The Balaban J connectivity index is 2.08. The second-order valence-electron chi connectivity index (χ2n) is 5.69. The maximum Gasteiger partial charge on any atom is 0.119 e. The first-order chi connectivity index (χ1) is 10.2. The van der Waals surface area contributed by atoms with Crippen LogP contribution in [0.15, 0.2) is 24.3 Å². The zero-order valence-corrected chi connectivity index (χ0v) is 13.6. The first kappa shape index (κ1) is 16.3. The van der Waals surface area contributed by atoms with Crippen molar-refractivity contribution in [3.8, 4) is 5.75 Å². The SMILES string of the molecule is CCN(CC)C1CCN(C(CN)c2cccc(OC)c2)C1. The largest absolute Gasteiger partial charge is 0.497 e. The number of ether oxygens (including phenoxy) is 1. The third kappa shape index (κ3) is 3.76. The van der Waals surface area contributed by atoms with E-state index in [1.54, 1.807) is 7.11 Å². The molecule has 0 amide bonds. The first-order valence-corrected chi connectivity index (χ1v) is 8.05. The Bertz CT molecular complexity index is 434. The van der Waals surface area contributed by atoms with E-state index < -0.39 is 0 Å². The maximum absolute atomic E-state index is 6.07. The average molecular weight is 291 g/mol. The van der Waals surface area contributed by atoms with Crippen LogP contribution in [0.2, 0.25) is 0 Å². The third-order valence-electron chi connectivity index (χ3n) is 4.67. The van der Waals surface area contributed by atoms with Crippen LogP contribution in [-0.4, -0.2) is 55.7 Å². The molecule has 0 bridgehead atoms. The molecule has 1 aliphatic rings. The molecule has 4 nitrogen and oxygen atoms in total. The van der Waals surface area contributed by atoms with Crippen LogP contribution in [-0.2, 0) is 0 Å². The molecule has 0 aliphatic carbocycles. The highest BCUT2D eigenvalue weighted by Gasteiger charge is 2.30. The molecule has 2 atom stereocenters. The normalized spacial score (nSPS) is 20.9. The summed E-state index contributed by atoms with van der Waals surface area (Å²) in [6.07, 6.45) is 1.24. The lowest BCUT2D eigenvalue weighted by molar-refractivity contribution is 0.189. The lowest BCUT2D eigenvalue weighted by Gasteiger charge is -2.30. The van der Waals surface area contributed by atoms with Crippen molar-refractivity contribution >= 4 is 0 Å². The van der Waals surface area contributed by atoms with Crippen LogP contribution in [0.4, 0.5) is 0 Å². The van der Waals surface area contributed by atoms with Crippen molar-refractivity contribution in [3.05, 3.63) is 29.8 Å². The molecule has 0 radical (unpaired) electrons. The van der Waals surface area contributed by atoms with Crippen LogP contribution >= 0.6 is 0 Å². The van der Waals surface area contributed by atoms with Crippen LogP contribution in [0, 0.1) is 0 Å². The molecule has 1 heterocycles. The molecule has 21 heavy (non-hydrogen) atoms. The van der Waals surface area contributed by atoms with Gasteiger partial charge < -0.3 is 10.5 Å². The van der Waals surface area contributed by atoms with E-state index in [9.17, 15) is 0 Å². The van der Waals surface area contributed by atoms with Crippen molar-refractivity contribution in [2.45, 2.75) is 32.4 Å². The van der Waals surface area contributed by atoms with Crippen LogP contribution in [0.1, 0.15) is 31.9 Å². The Morgan fingerprint density at radius 2 is 2.14 bits per heavy atom. The smallest absolute Gasteiger partial charge is 0.119 e. The minimum Gasteiger partial charge on any atom is -0.497 e. The molecule has 1 aromatic rings. The van der Waals surface area contributed by atoms with Gasteiger partial charge in [0.05, 0.1) is 7.11 Å². The van der Waals surface area contributed by atoms with Crippen molar-refractivity contribution in [3.63, 3.8) is 0 Å². The van der Waals surface area contributed by atoms with Crippen LogP contribution in [0.3, 0.4) is 0 Å². The number of hydrogen-bond acceptors (Lipinski definition) is 4. The predicted octanol–water partition coefficient (Wildman–Crippen LogP) is 2.11. The topological polar surface area (TPSA) is 41.7 Å². The fourth-order valence-corrected chi connectivity index (χ4v) is 3.43. The summed E-state index contributed by atoms with van der Waals surface area (Å²) in [6.45, 7) is 9.63. The molecule has 0 aromatic heterocycles. The molecule has 0 spiro atoms. The molecule has 4 heteroatoms. The van der Waals surface area contributed by atoms with E-state index in [4.69, 9.17) is 10.5 Å². The summed E-state index contributed by atoms with van der Waals surface area (Å²) in [5.74, 6) is 0.908. The van der Waals surface area contributed by atoms with Crippen molar-refractivity contribution in [1.82, 2.24) is 9.80 Å². The highest BCUT2D eigenvalue weighted by molar-refractivity contribution is 5.31. The highest BCUT2D eigenvalue weighted by Crippen LogP contribution is 2.28. The Hall–Kier alpha value is -1.10. The molecule has 1 aromatic carbocycles. The fraction of sp³-hybridized carbons (Fsp3) is 0.647. The van der Waals surface area contributed by atoms with E-state index in [1.807, 2.05) is 6.07 Å². The van der Waals surface area contributed by atoms with E-state index in [2.05, 4.69) is 41.8 Å².